The topological polar surface area (TPSA) is 97.7 Å². The Hall–Kier alpha value is -0.920. The van der Waals surface area contributed by atoms with Gasteiger partial charge in [-0.05, 0) is 13.8 Å². The SMILES string of the molecule is C=C(C)C.O=C1CCC(=O)O1.O=S(=O)(O)Cl. The second kappa shape index (κ2) is 8.26. The second-order valence-electron chi connectivity index (χ2n) is 2.97. The summed E-state index contributed by atoms with van der Waals surface area (Å²) < 4.78 is 29.2. The van der Waals surface area contributed by atoms with Gasteiger partial charge in [-0.25, -0.2) is 0 Å². The number of hydrogen-bond donors (Lipinski definition) is 1. The highest BCUT2D eigenvalue weighted by Gasteiger charge is 2.19. The zero-order valence-electron chi connectivity index (χ0n) is 8.90. The van der Waals surface area contributed by atoms with Crippen molar-refractivity contribution in [3.8, 4) is 0 Å². The molecule has 0 aromatic heterocycles. The number of ether oxygens (including phenoxy) is 1. The molecule has 0 bridgehead atoms. The zero-order valence-corrected chi connectivity index (χ0v) is 10.5. The van der Waals surface area contributed by atoms with Crippen LogP contribution in [0.25, 0.3) is 0 Å². The first kappa shape index (κ1) is 17.5. The normalized spacial score (nSPS) is 14.0. The molecule has 1 fully saturated rings. The maximum absolute atomic E-state index is 10.0. The third-order valence-electron chi connectivity index (χ3n) is 0.761. The van der Waals surface area contributed by atoms with Crippen LogP contribution in [0.5, 0.6) is 0 Å². The number of carbonyl (C=O) groups is 2. The number of halogens is 1. The molecule has 0 atom stereocenters. The van der Waals surface area contributed by atoms with Crippen LogP contribution < -0.4 is 0 Å². The standard InChI is InChI=1S/C4H4O3.C4H8.ClHO3S/c5-3-1-2-4(6)7-3;1-4(2)3;1-5(2,3)4/h1-2H2;1H2,2-3H3;(H,2,3,4). The lowest BCUT2D eigenvalue weighted by molar-refractivity contribution is -0.151. The Labute approximate surface area is 98.5 Å². The Balaban J connectivity index is 0. The Kier molecular flexibility index (Phi) is 9.02. The van der Waals surface area contributed by atoms with Crippen molar-refractivity contribution in [1.29, 1.82) is 0 Å². The van der Waals surface area contributed by atoms with Crippen molar-refractivity contribution in [1.82, 2.24) is 0 Å². The first-order chi connectivity index (χ1) is 7.02. The Bertz CT molecular complexity index is 333. The van der Waals surface area contributed by atoms with Gasteiger partial charge in [-0.2, -0.15) is 8.42 Å². The van der Waals surface area contributed by atoms with Gasteiger partial charge >= 0.3 is 21.3 Å². The largest absolute Gasteiger partial charge is 0.393 e. The van der Waals surface area contributed by atoms with Crippen molar-refractivity contribution < 1.29 is 27.3 Å². The minimum absolute atomic E-state index is 0.263. The summed E-state index contributed by atoms with van der Waals surface area (Å²) in [7, 11) is -0.137. The summed E-state index contributed by atoms with van der Waals surface area (Å²) in [6.45, 7) is 7.50. The van der Waals surface area contributed by atoms with Gasteiger partial charge in [-0.3, -0.25) is 14.1 Å². The number of hydrogen-bond acceptors (Lipinski definition) is 5. The molecule has 1 N–H and O–H groups in total. The molecule has 0 aromatic rings. The van der Waals surface area contributed by atoms with Crippen molar-refractivity contribution in [2.75, 3.05) is 0 Å². The second-order valence-corrected chi connectivity index (χ2v) is 4.96. The highest BCUT2D eigenvalue weighted by Crippen LogP contribution is 2.03. The van der Waals surface area contributed by atoms with Gasteiger partial charge in [0.2, 0.25) is 0 Å². The molecule has 0 unspecified atom stereocenters. The molecular weight excluding hydrogens is 260 g/mol. The number of esters is 2. The fourth-order valence-electron chi connectivity index (χ4n) is 0.433. The quantitative estimate of drug-likeness (QED) is 0.236. The molecule has 1 aliphatic rings. The molecule has 94 valence electrons. The van der Waals surface area contributed by atoms with Gasteiger partial charge in [0.25, 0.3) is 0 Å². The average molecular weight is 273 g/mol. The van der Waals surface area contributed by atoms with Crippen molar-refractivity contribution in [3.05, 3.63) is 12.2 Å². The van der Waals surface area contributed by atoms with E-state index in [-0.39, 0.29) is 12.8 Å². The van der Waals surface area contributed by atoms with E-state index in [1.807, 2.05) is 13.8 Å². The van der Waals surface area contributed by atoms with Crippen LogP contribution in [0, 0.1) is 0 Å². The maximum atomic E-state index is 10.0. The van der Waals surface area contributed by atoms with E-state index < -0.39 is 21.3 Å². The fourth-order valence-corrected chi connectivity index (χ4v) is 0.433. The Morgan fingerprint density at radius 1 is 1.31 bits per heavy atom. The zero-order chi connectivity index (χ0) is 13.4. The first-order valence-corrected chi connectivity index (χ1v) is 6.31. The van der Waals surface area contributed by atoms with Gasteiger partial charge in [0.15, 0.2) is 0 Å². The van der Waals surface area contributed by atoms with E-state index in [9.17, 15) is 9.59 Å². The summed E-state index contributed by atoms with van der Waals surface area (Å²) >= 11 is 0. The van der Waals surface area contributed by atoms with Gasteiger partial charge in [0.1, 0.15) is 0 Å². The Morgan fingerprint density at radius 3 is 1.56 bits per heavy atom. The van der Waals surface area contributed by atoms with E-state index in [0.717, 1.165) is 0 Å². The molecule has 0 radical (unpaired) electrons. The van der Waals surface area contributed by atoms with Crippen LogP contribution in [0.4, 0.5) is 0 Å². The van der Waals surface area contributed by atoms with Crippen LogP contribution in [0.3, 0.4) is 0 Å². The summed E-state index contributed by atoms with van der Waals surface area (Å²) in [6.07, 6.45) is 0.525. The van der Waals surface area contributed by atoms with Crippen LogP contribution in [0.2, 0.25) is 0 Å². The average Bonchev–Trinajstić information content (AvgIpc) is 2.28. The Morgan fingerprint density at radius 2 is 1.50 bits per heavy atom. The van der Waals surface area contributed by atoms with Crippen LogP contribution in [-0.2, 0) is 23.7 Å². The molecule has 0 aromatic carbocycles. The molecule has 8 heteroatoms. The number of allylic oxidation sites excluding steroid dienone is 1. The first-order valence-electron chi connectivity index (χ1n) is 4.05. The van der Waals surface area contributed by atoms with Crippen LogP contribution in [-0.4, -0.2) is 24.9 Å². The number of carbonyl (C=O) groups excluding carboxylic acids is 2. The molecule has 0 saturated carbocycles. The molecule has 1 saturated heterocycles. The minimum Gasteiger partial charge on any atom is -0.393 e. The molecular formula is C8H13ClO6S. The van der Waals surface area contributed by atoms with Crippen molar-refractivity contribution >= 4 is 32.0 Å². The lowest BCUT2D eigenvalue weighted by atomic mass is 10.4. The van der Waals surface area contributed by atoms with Crippen LogP contribution in [0.15, 0.2) is 12.2 Å². The van der Waals surface area contributed by atoms with E-state index in [2.05, 4.69) is 22.0 Å². The minimum atomic E-state index is -4.19. The summed E-state index contributed by atoms with van der Waals surface area (Å²) in [5.41, 5.74) is 1.17. The molecule has 0 spiro atoms. The number of rotatable bonds is 0. The van der Waals surface area contributed by atoms with Gasteiger partial charge in [0, 0.05) is 10.7 Å². The van der Waals surface area contributed by atoms with Crippen molar-refractivity contribution in [2.24, 2.45) is 0 Å². The van der Waals surface area contributed by atoms with Crippen LogP contribution >= 0.6 is 10.7 Å². The van der Waals surface area contributed by atoms with Crippen molar-refractivity contribution in [2.45, 2.75) is 26.7 Å². The third-order valence-corrected chi connectivity index (χ3v) is 0.761. The highest BCUT2D eigenvalue weighted by atomic mass is 35.7. The molecule has 1 aliphatic heterocycles. The van der Waals surface area contributed by atoms with Gasteiger partial charge in [-0.1, -0.05) is 5.57 Å². The van der Waals surface area contributed by atoms with E-state index in [1.54, 1.807) is 0 Å². The predicted octanol–water partition coefficient (Wildman–Crippen LogP) is 1.46. The molecule has 1 rings (SSSR count). The maximum Gasteiger partial charge on any atom is 0.353 e. The van der Waals surface area contributed by atoms with Gasteiger partial charge < -0.3 is 4.74 Å². The molecule has 1 heterocycles. The molecule has 0 aliphatic carbocycles. The fraction of sp³-hybridized carbons (Fsp3) is 0.500. The summed E-state index contributed by atoms with van der Waals surface area (Å²) in [5.74, 6) is -0.796. The molecule has 6 nitrogen and oxygen atoms in total. The third kappa shape index (κ3) is 29.2. The smallest absolute Gasteiger partial charge is 0.353 e. The van der Waals surface area contributed by atoms with Crippen LogP contribution in [0.1, 0.15) is 26.7 Å². The summed E-state index contributed by atoms with van der Waals surface area (Å²) in [6, 6.07) is 0. The van der Waals surface area contributed by atoms with E-state index >= 15 is 0 Å². The lowest BCUT2D eigenvalue weighted by Crippen LogP contribution is -1.94. The van der Waals surface area contributed by atoms with Gasteiger partial charge in [0.05, 0.1) is 12.8 Å². The predicted molar refractivity (Wildman–Crippen MR) is 58.2 cm³/mol. The summed E-state index contributed by atoms with van der Waals surface area (Å²) in [5, 5.41) is 0. The highest BCUT2D eigenvalue weighted by molar-refractivity contribution is 8.09. The number of cyclic esters (lactones) is 2. The molecule has 16 heavy (non-hydrogen) atoms. The van der Waals surface area contributed by atoms with E-state index in [4.69, 9.17) is 13.0 Å². The summed E-state index contributed by atoms with van der Waals surface area (Å²) in [4.78, 5) is 20.0. The molecule has 0 amide bonds. The van der Waals surface area contributed by atoms with E-state index in [1.165, 1.54) is 5.57 Å². The monoisotopic (exact) mass is 272 g/mol. The van der Waals surface area contributed by atoms with E-state index in [0.29, 0.717) is 0 Å². The lowest BCUT2D eigenvalue weighted by Gasteiger charge is -1.79. The van der Waals surface area contributed by atoms with Crippen molar-refractivity contribution in [3.63, 3.8) is 0 Å². The van der Waals surface area contributed by atoms with Gasteiger partial charge in [-0.15, -0.1) is 6.58 Å².